The number of hydrogen-bond acceptors (Lipinski definition) is 8. The van der Waals surface area contributed by atoms with E-state index < -0.39 is 33.6 Å². The Balaban J connectivity index is 2.18. The molecule has 0 bridgehead atoms. The van der Waals surface area contributed by atoms with Gasteiger partial charge in [0.15, 0.2) is 21.3 Å². The topological polar surface area (TPSA) is 129 Å². The van der Waals surface area contributed by atoms with Crippen molar-refractivity contribution in [1.82, 2.24) is 10.6 Å². The van der Waals surface area contributed by atoms with Gasteiger partial charge in [0.25, 0.3) is 0 Å². The number of nitrogens with one attached hydrogen (secondary N) is 2. The third-order valence-corrected chi connectivity index (χ3v) is 7.04. The molecule has 2 aromatic rings. The number of benzene rings is 2. The zero-order valence-electron chi connectivity index (χ0n) is 20.1. The largest absolute Gasteiger partial charge is 0.493 e. The summed E-state index contributed by atoms with van der Waals surface area (Å²) in [5, 5.41) is 5.15. The van der Waals surface area contributed by atoms with E-state index in [1.807, 2.05) is 6.92 Å². The lowest BCUT2D eigenvalue weighted by atomic mass is 9.95. The second-order valence-electron chi connectivity index (χ2n) is 7.67. The number of carbonyl (C=O) groups is 2. The van der Waals surface area contributed by atoms with Crippen molar-refractivity contribution in [3.05, 3.63) is 58.8 Å². The molecule has 0 aromatic heterocycles. The summed E-state index contributed by atoms with van der Waals surface area (Å²) in [5.41, 5.74) is 1.18. The van der Waals surface area contributed by atoms with Crippen molar-refractivity contribution in [1.29, 1.82) is 0 Å². The highest BCUT2D eigenvalue weighted by Gasteiger charge is 2.36. The summed E-state index contributed by atoms with van der Waals surface area (Å²) in [6.45, 7) is 3.52. The number of methoxy groups -OCH3 is 3. The molecular weight excluding hydrogens is 476 g/mol. The van der Waals surface area contributed by atoms with Gasteiger partial charge in [-0.1, -0.05) is 17.7 Å². The van der Waals surface area contributed by atoms with Crippen molar-refractivity contribution >= 4 is 21.8 Å². The fourth-order valence-electron chi connectivity index (χ4n) is 3.72. The molecule has 11 heteroatoms. The number of carbonyl (C=O) groups excluding carboxylic acids is 2. The predicted molar refractivity (Wildman–Crippen MR) is 127 cm³/mol. The highest BCUT2D eigenvalue weighted by Crippen LogP contribution is 2.41. The van der Waals surface area contributed by atoms with Crippen LogP contribution in [0.5, 0.6) is 17.2 Å². The van der Waals surface area contributed by atoms with Gasteiger partial charge in [-0.2, -0.15) is 0 Å². The summed E-state index contributed by atoms with van der Waals surface area (Å²) in [4.78, 5) is 25.7. The van der Waals surface area contributed by atoms with Crippen LogP contribution >= 0.6 is 0 Å². The quantitative estimate of drug-likeness (QED) is 0.499. The number of rotatable bonds is 9. The van der Waals surface area contributed by atoms with Crippen molar-refractivity contribution in [2.75, 3.05) is 33.7 Å². The van der Waals surface area contributed by atoms with Crippen LogP contribution < -0.4 is 24.8 Å². The molecule has 1 aliphatic heterocycles. The second kappa shape index (κ2) is 10.7. The SMILES string of the molecule is CCOC(=O)C1=C(CS(=O)(=O)c2ccc(C)cc2)NC(=O)NC1c1cc(OC)c(OC)c(OC)c1. The number of ether oxygens (including phenoxy) is 4. The van der Waals surface area contributed by atoms with Gasteiger partial charge in [0.1, 0.15) is 0 Å². The third-order valence-electron chi connectivity index (χ3n) is 5.38. The zero-order valence-corrected chi connectivity index (χ0v) is 20.9. The Morgan fingerprint density at radius 2 is 1.60 bits per heavy atom. The first-order valence-electron chi connectivity index (χ1n) is 10.7. The number of urea groups is 1. The van der Waals surface area contributed by atoms with Crippen molar-refractivity contribution in [3.63, 3.8) is 0 Å². The summed E-state index contributed by atoms with van der Waals surface area (Å²) in [6, 6.07) is 7.74. The maximum atomic E-state index is 13.2. The van der Waals surface area contributed by atoms with Crippen LogP contribution in [0, 0.1) is 6.92 Å². The van der Waals surface area contributed by atoms with Gasteiger partial charge in [0.05, 0.1) is 50.2 Å². The molecule has 1 unspecified atom stereocenters. The highest BCUT2D eigenvalue weighted by molar-refractivity contribution is 7.91. The van der Waals surface area contributed by atoms with Gasteiger partial charge in [-0.3, -0.25) is 0 Å². The molecule has 1 aliphatic rings. The van der Waals surface area contributed by atoms with Gasteiger partial charge in [-0.15, -0.1) is 0 Å². The molecule has 3 rings (SSSR count). The minimum Gasteiger partial charge on any atom is -0.493 e. The number of esters is 1. The lowest BCUT2D eigenvalue weighted by molar-refractivity contribution is -0.139. The van der Waals surface area contributed by atoms with Crippen LogP contribution in [0.3, 0.4) is 0 Å². The van der Waals surface area contributed by atoms with E-state index in [9.17, 15) is 18.0 Å². The standard InChI is InChI=1S/C24H28N2O8S/c1-6-34-23(27)20-17(13-35(29,30)16-9-7-14(2)8-10-16)25-24(28)26-21(20)15-11-18(31-3)22(33-5)19(12-15)32-4/h7-12,21H,6,13H2,1-5H3,(H2,25,26,28). The number of amides is 2. The maximum absolute atomic E-state index is 13.2. The normalized spacial score (nSPS) is 15.7. The first kappa shape index (κ1) is 25.9. The molecular formula is C24H28N2O8S. The predicted octanol–water partition coefficient (Wildman–Crippen LogP) is 2.67. The van der Waals surface area contributed by atoms with Crippen LogP contribution in [0.25, 0.3) is 0 Å². The van der Waals surface area contributed by atoms with Crippen LogP contribution in [0.4, 0.5) is 4.79 Å². The van der Waals surface area contributed by atoms with Crippen LogP contribution in [0.15, 0.2) is 52.6 Å². The maximum Gasteiger partial charge on any atom is 0.338 e. The lowest BCUT2D eigenvalue weighted by Crippen LogP contribution is -2.47. The van der Waals surface area contributed by atoms with Gasteiger partial charge in [-0.25, -0.2) is 18.0 Å². The molecule has 2 aromatic carbocycles. The molecule has 1 heterocycles. The van der Waals surface area contributed by atoms with E-state index in [0.717, 1.165) is 5.56 Å². The van der Waals surface area contributed by atoms with E-state index in [1.165, 1.54) is 33.5 Å². The molecule has 0 spiro atoms. The van der Waals surface area contributed by atoms with Gasteiger partial charge in [0.2, 0.25) is 5.75 Å². The van der Waals surface area contributed by atoms with Crippen LogP contribution in [0.2, 0.25) is 0 Å². The molecule has 35 heavy (non-hydrogen) atoms. The number of hydrogen-bond donors (Lipinski definition) is 2. The van der Waals surface area contributed by atoms with E-state index in [4.69, 9.17) is 18.9 Å². The first-order chi connectivity index (χ1) is 16.6. The number of sulfone groups is 1. The monoisotopic (exact) mass is 504 g/mol. The Labute approximate surface area is 204 Å². The third kappa shape index (κ3) is 5.51. The van der Waals surface area contributed by atoms with E-state index in [-0.39, 0.29) is 22.8 Å². The van der Waals surface area contributed by atoms with E-state index >= 15 is 0 Å². The van der Waals surface area contributed by atoms with Crippen molar-refractivity contribution in [2.45, 2.75) is 24.8 Å². The average molecular weight is 505 g/mol. The van der Waals surface area contributed by atoms with Crippen LogP contribution in [-0.4, -0.2) is 54.1 Å². The Kier molecular flexibility index (Phi) is 7.90. The minimum absolute atomic E-state index is 0.0450. The minimum atomic E-state index is -3.90. The van der Waals surface area contributed by atoms with Crippen molar-refractivity contribution in [2.24, 2.45) is 0 Å². The molecule has 2 amide bonds. The fraction of sp³-hybridized carbons (Fsp3) is 0.333. The Hall–Kier alpha value is -3.73. The van der Waals surface area contributed by atoms with Crippen LogP contribution in [-0.2, 0) is 19.4 Å². The molecule has 0 saturated heterocycles. The fourth-order valence-corrected chi connectivity index (χ4v) is 5.04. The van der Waals surface area contributed by atoms with Gasteiger partial charge < -0.3 is 29.6 Å². The van der Waals surface area contributed by atoms with E-state index in [0.29, 0.717) is 22.8 Å². The van der Waals surface area contributed by atoms with Crippen LogP contribution in [0.1, 0.15) is 24.1 Å². The Morgan fingerprint density at radius 3 is 2.11 bits per heavy atom. The van der Waals surface area contributed by atoms with E-state index in [2.05, 4.69) is 10.6 Å². The first-order valence-corrected chi connectivity index (χ1v) is 12.4. The molecule has 0 fully saturated rings. The number of aryl methyl sites for hydroxylation is 1. The summed E-state index contributed by atoms with van der Waals surface area (Å²) in [7, 11) is 0.416. The van der Waals surface area contributed by atoms with Gasteiger partial charge >= 0.3 is 12.0 Å². The molecule has 188 valence electrons. The second-order valence-corrected chi connectivity index (χ2v) is 9.66. The molecule has 0 aliphatic carbocycles. The van der Waals surface area contributed by atoms with E-state index in [1.54, 1.807) is 31.2 Å². The lowest BCUT2D eigenvalue weighted by Gasteiger charge is -2.30. The smallest absolute Gasteiger partial charge is 0.338 e. The molecule has 2 N–H and O–H groups in total. The van der Waals surface area contributed by atoms with Gasteiger partial charge in [0, 0.05) is 5.70 Å². The van der Waals surface area contributed by atoms with Gasteiger partial charge in [-0.05, 0) is 43.7 Å². The molecule has 0 saturated carbocycles. The Bertz CT molecular complexity index is 1230. The summed E-state index contributed by atoms with van der Waals surface area (Å²) in [5.74, 6) is -0.465. The average Bonchev–Trinajstić information content (AvgIpc) is 2.82. The zero-order chi connectivity index (χ0) is 25.8. The Morgan fingerprint density at radius 1 is 1.00 bits per heavy atom. The highest BCUT2D eigenvalue weighted by atomic mass is 32.2. The summed E-state index contributed by atoms with van der Waals surface area (Å²) in [6.07, 6.45) is 0. The molecule has 0 radical (unpaired) electrons. The molecule has 10 nitrogen and oxygen atoms in total. The summed E-state index contributed by atoms with van der Waals surface area (Å²) < 4.78 is 47.7. The molecule has 1 atom stereocenters. The van der Waals surface area contributed by atoms with Crippen molar-refractivity contribution < 1.29 is 37.0 Å². The summed E-state index contributed by atoms with van der Waals surface area (Å²) >= 11 is 0. The van der Waals surface area contributed by atoms with Crippen molar-refractivity contribution in [3.8, 4) is 17.2 Å².